The molecule has 1 aromatic carbocycles. The molecule has 0 saturated carbocycles. The number of hydrogen-bond donors (Lipinski definition) is 3. The molecule has 4 heteroatoms. The van der Waals surface area contributed by atoms with E-state index in [1.807, 2.05) is 19.1 Å². The van der Waals surface area contributed by atoms with E-state index < -0.39 is 0 Å². The lowest BCUT2D eigenvalue weighted by atomic mass is 9.87. The van der Waals surface area contributed by atoms with E-state index in [9.17, 15) is 9.90 Å². The minimum absolute atomic E-state index is 0.0362. The summed E-state index contributed by atoms with van der Waals surface area (Å²) in [5.41, 5.74) is 2.41. The smallest absolute Gasteiger partial charge is 0.233 e. The number of nitrogens with one attached hydrogen (secondary N) is 2. The second-order valence-electron chi connectivity index (χ2n) is 5.06. The Labute approximate surface area is 114 Å². The fourth-order valence-corrected chi connectivity index (χ4v) is 2.54. The summed E-state index contributed by atoms with van der Waals surface area (Å²) in [5, 5.41) is 15.7. The van der Waals surface area contributed by atoms with Gasteiger partial charge in [-0.05, 0) is 48.9 Å². The number of fused-ring (bicyclic) bond motifs is 1. The Kier molecular flexibility index (Phi) is 4.80. The molecule has 2 rings (SSSR count). The Balaban J connectivity index is 1.95. The lowest BCUT2D eigenvalue weighted by Crippen LogP contribution is -2.37. The highest BCUT2D eigenvalue weighted by molar-refractivity contribution is 5.78. The van der Waals surface area contributed by atoms with Crippen LogP contribution in [0, 0.1) is 0 Å². The predicted molar refractivity (Wildman–Crippen MR) is 75.1 cm³/mol. The number of aryl methyl sites for hydroxylation is 1. The van der Waals surface area contributed by atoms with Gasteiger partial charge in [-0.3, -0.25) is 4.79 Å². The molecule has 4 nitrogen and oxygen atoms in total. The van der Waals surface area contributed by atoms with Crippen molar-refractivity contribution in [2.75, 3.05) is 13.1 Å². The van der Waals surface area contributed by atoms with Crippen molar-refractivity contribution in [3.63, 3.8) is 0 Å². The highest BCUT2D eigenvalue weighted by Crippen LogP contribution is 2.31. The molecule has 1 aliphatic rings. The molecule has 1 aliphatic carbocycles. The van der Waals surface area contributed by atoms with Crippen LogP contribution in [0.3, 0.4) is 0 Å². The van der Waals surface area contributed by atoms with Crippen LogP contribution in [0.2, 0.25) is 0 Å². The Hall–Kier alpha value is -1.55. The Morgan fingerprint density at radius 1 is 1.47 bits per heavy atom. The van der Waals surface area contributed by atoms with Crippen LogP contribution in [0.25, 0.3) is 0 Å². The number of phenolic OH excluding ortho intramolecular Hbond substituents is 1. The fraction of sp³-hybridized carbons (Fsp3) is 0.533. The summed E-state index contributed by atoms with van der Waals surface area (Å²) in [6.07, 6.45) is 4.13. The molecule has 0 saturated heterocycles. The van der Waals surface area contributed by atoms with Crippen LogP contribution in [0.5, 0.6) is 5.75 Å². The third kappa shape index (κ3) is 3.70. The van der Waals surface area contributed by atoms with Crippen molar-refractivity contribution in [1.29, 1.82) is 0 Å². The number of rotatable bonds is 5. The molecule has 0 aliphatic heterocycles. The van der Waals surface area contributed by atoms with Crippen LogP contribution in [-0.4, -0.2) is 24.1 Å². The predicted octanol–water partition coefficient (Wildman–Crippen LogP) is 1.89. The number of benzene rings is 1. The summed E-state index contributed by atoms with van der Waals surface area (Å²) in [4.78, 5) is 11.6. The Morgan fingerprint density at radius 3 is 3.11 bits per heavy atom. The maximum absolute atomic E-state index is 11.6. The fourth-order valence-electron chi connectivity index (χ4n) is 2.54. The third-order valence-electron chi connectivity index (χ3n) is 3.52. The van der Waals surface area contributed by atoms with Gasteiger partial charge in [0.1, 0.15) is 5.75 Å². The molecule has 1 unspecified atom stereocenters. The molecule has 0 radical (unpaired) electrons. The van der Waals surface area contributed by atoms with Gasteiger partial charge in [0, 0.05) is 12.6 Å². The van der Waals surface area contributed by atoms with E-state index >= 15 is 0 Å². The zero-order chi connectivity index (χ0) is 13.7. The lowest BCUT2D eigenvalue weighted by molar-refractivity contribution is -0.120. The number of aromatic hydroxyl groups is 1. The van der Waals surface area contributed by atoms with Crippen molar-refractivity contribution in [3.05, 3.63) is 29.3 Å². The number of carbonyl (C=O) groups excluding carboxylic acids is 1. The average Bonchev–Trinajstić information content (AvgIpc) is 2.42. The first-order valence-corrected chi connectivity index (χ1v) is 7.02. The van der Waals surface area contributed by atoms with Crippen LogP contribution in [-0.2, 0) is 11.2 Å². The van der Waals surface area contributed by atoms with Crippen molar-refractivity contribution in [3.8, 4) is 5.75 Å². The molecule has 0 fully saturated rings. The minimum atomic E-state index is 0.0362. The molecular formula is C15H22N2O2. The quantitative estimate of drug-likeness (QED) is 0.759. The summed E-state index contributed by atoms with van der Waals surface area (Å²) in [7, 11) is 0. The third-order valence-corrected chi connectivity index (χ3v) is 3.52. The second kappa shape index (κ2) is 6.57. The summed E-state index contributed by atoms with van der Waals surface area (Å²) in [6, 6.07) is 5.70. The first-order chi connectivity index (χ1) is 9.20. The van der Waals surface area contributed by atoms with E-state index in [1.165, 1.54) is 5.56 Å². The Morgan fingerprint density at radius 2 is 2.32 bits per heavy atom. The molecular weight excluding hydrogens is 240 g/mol. The van der Waals surface area contributed by atoms with Crippen LogP contribution >= 0.6 is 0 Å². The van der Waals surface area contributed by atoms with E-state index in [1.54, 1.807) is 6.07 Å². The second-order valence-corrected chi connectivity index (χ2v) is 5.06. The lowest BCUT2D eigenvalue weighted by Gasteiger charge is -2.26. The highest BCUT2D eigenvalue weighted by atomic mass is 16.3. The van der Waals surface area contributed by atoms with E-state index in [4.69, 9.17) is 0 Å². The molecule has 104 valence electrons. The van der Waals surface area contributed by atoms with Crippen LogP contribution < -0.4 is 10.6 Å². The van der Waals surface area contributed by atoms with E-state index in [0.29, 0.717) is 12.3 Å². The number of amides is 1. The van der Waals surface area contributed by atoms with Gasteiger partial charge in [-0.2, -0.15) is 0 Å². The van der Waals surface area contributed by atoms with Crippen LogP contribution in [0.4, 0.5) is 0 Å². The first-order valence-electron chi connectivity index (χ1n) is 7.02. The van der Waals surface area contributed by atoms with Crippen LogP contribution in [0.15, 0.2) is 18.2 Å². The van der Waals surface area contributed by atoms with Gasteiger partial charge < -0.3 is 15.7 Å². The Bertz CT molecular complexity index is 446. The zero-order valence-electron chi connectivity index (χ0n) is 11.4. The molecule has 0 spiro atoms. The monoisotopic (exact) mass is 262 g/mol. The van der Waals surface area contributed by atoms with Crippen molar-refractivity contribution in [2.24, 2.45) is 0 Å². The van der Waals surface area contributed by atoms with Gasteiger partial charge in [0.05, 0.1) is 6.54 Å². The summed E-state index contributed by atoms with van der Waals surface area (Å²) in [5.74, 6) is 0.331. The van der Waals surface area contributed by atoms with Crippen molar-refractivity contribution >= 4 is 5.91 Å². The van der Waals surface area contributed by atoms with Gasteiger partial charge >= 0.3 is 0 Å². The molecule has 1 amide bonds. The normalized spacial score (nSPS) is 17.8. The van der Waals surface area contributed by atoms with E-state index in [2.05, 4.69) is 10.6 Å². The number of phenols is 1. The maximum atomic E-state index is 11.6. The molecule has 1 aromatic rings. The number of carbonyl (C=O) groups is 1. The van der Waals surface area contributed by atoms with Gasteiger partial charge in [0.2, 0.25) is 5.91 Å². The topological polar surface area (TPSA) is 61.4 Å². The largest absolute Gasteiger partial charge is 0.508 e. The SMILES string of the molecule is CCCNC(=O)CNC1CCCc2ccc(O)cc21. The molecule has 19 heavy (non-hydrogen) atoms. The molecule has 1 atom stereocenters. The minimum Gasteiger partial charge on any atom is -0.508 e. The summed E-state index contributed by atoms with van der Waals surface area (Å²) < 4.78 is 0. The van der Waals surface area contributed by atoms with E-state index in [-0.39, 0.29) is 11.9 Å². The number of hydrogen-bond acceptors (Lipinski definition) is 3. The van der Waals surface area contributed by atoms with Gasteiger partial charge in [-0.15, -0.1) is 0 Å². The van der Waals surface area contributed by atoms with Gasteiger partial charge in [-0.1, -0.05) is 13.0 Å². The standard InChI is InChI=1S/C15H22N2O2/c1-2-8-16-15(19)10-17-14-5-3-4-11-6-7-12(18)9-13(11)14/h6-7,9,14,17-18H,2-5,8,10H2,1H3,(H,16,19). The summed E-state index contributed by atoms with van der Waals surface area (Å²) in [6.45, 7) is 3.09. The van der Waals surface area contributed by atoms with E-state index in [0.717, 1.165) is 37.8 Å². The molecule has 3 N–H and O–H groups in total. The molecule has 0 heterocycles. The molecule has 0 aromatic heterocycles. The van der Waals surface area contributed by atoms with Gasteiger partial charge in [-0.25, -0.2) is 0 Å². The van der Waals surface area contributed by atoms with Gasteiger partial charge in [0.25, 0.3) is 0 Å². The van der Waals surface area contributed by atoms with Crippen molar-refractivity contribution < 1.29 is 9.90 Å². The van der Waals surface area contributed by atoms with Gasteiger partial charge in [0.15, 0.2) is 0 Å². The zero-order valence-corrected chi connectivity index (χ0v) is 11.4. The van der Waals surface area contributed by atoms with Crippen molar-refractivity contribution in [2.45, 2.75) is 38.6 Å². The van der Waals surface area contributed by atoms with Crippen molar-refractivity contribution in [1.82, 2.24) is 10.6 Å². The molecule has 0 bridgehead atoms. The highest BCUT2D eigenvalue weighted by Gasteiger charge is 2.20. The first kappa shape index (κ1) is 13.9. The summed E-state index contributed by atoms with van der Waals surface area (Å²) >= 11 is 0. The average molecular weight is 262 g/mol. The van der Waals surface area contributed by atoms with Crippen LogP contribution in [0.1, 0.15) is 43.4 Å². The maximum Gasteiger partial charge on any atom is 0.233 e.